The Morgan fingerprint density at radius 2 is 2.08 bits per heavy atom. The fraction of sp³-hybridized carbons (Fsp3) is 0.467. The highest BCUT2D eigenvalue weighted by Gasteiger charge is 2.36. The van der Waals surface area contributed by atoms with E-state index in [2.05, 4.69) is 5.32 Å². The van der Waals surface area contributed by atoms with Crippen LogP contribution in [0.5, 0.6) is 0 Å². The smallest absolute Gasteiger partial charge is 0.313 e. The minimum Gasteiger partial charge on any atom is -0.383 e. The number of anilines is 1. The molecular weight excluding hydrogens is 391 g/mol. The monoisotopic (exact) mass is 408 g/mol. The van der Waals surface area contributed by atoms with Gasteiger partial charge in [-0.2, -0.15) is 0 Å². The molecule has 0 bridgehead atoms. The van der Waals surface area contributed by atoms with Crippen molar-refractivity contribution >= 4 is 50.5 Å². The molecular formula is C15H18Cl2N2O5S. The van der Waals surface area contributed by atoms with Crippen LogP contribution in [0, 0.1) is 0 Å². The van der Waals surface area contributed by atoms with Crippen molar-refractivity contribution in [1.82, 2.24) is 4.90 Å². The third-order valence-corrected chi connectivity index (χ3v) is 6.13. The van der Waals surface area contributed by atoms with Crippen LogP contribution in [0.4, 0.5) is 5.69 Å². The number of nitrogens with one attached hydrogen (secondary N) is 1. The van der Waals surface area contributed by atoms with Crippen molar-refractivity contribution in [2.75, 3.05) is 37.1 Å². The van der Waals surface area contributed by atoms with Gasteiger partial charge < -0.3 is 15.0 Å². The number of methoxy groups -OCH3 is 1. The van der Waals surface area contributed by atoms with Crippen LogP contribution in [0.25, 0.3) is 0 Å². The zero-order valence-electron chi connectivity index (χ0n) is 13.5. The number of hydrogen-bond acceptors (Lipinski definition) is 5. The highest BCUT2D eigenvalue weighted by Crippen LogP contribution is 2.25. The van der Waals surface area contributed by atoms with E-state index in [9.17, 15) is 18.0 Å². The Bertz CT molecular complexity index is 769. The molecule has 10 heteroatoms. The van der Waals surface area contributed by atoms with Crippen molar-refractivity contribution < 1.29 is 22.7 Å². The first-order valence-corrected chi connectivity index (χ1v) is 10.1. The van der Waals surface area contributed by atoms with Gasteiger partial charge >= 0.3 is 11.8 Å². The predicted molar refractivity (Wildman–Crippen MR) is 95.7 cm³/mol. The molecule has 2 rings (SSSR count). The van der Waals surface area contributed by atoms with Crippen LogP contribution < -0.4 is 5.32 Å². The van der Waals surface area contributed by atoms with Crippen molar-refractivity contribution in [3.8, 4) is 0 Å². The zero-order chi connectivity index (χ0) is 18.6. The number of sulfone groups is 1. The van der Waals surface area contributed by atoms with Crippen molar-refractivity contribution in [2.45, 2.75) is 12.5 Å². The quantitative estimate of drug-likeness (QED) is 0.746. The van der Waals surface area contributed by atoms with Crippen LogP contribution in [0.2, 0.25) is 10.0 Å². The Hall–Kier alpha value is -1.35. The van der Waals surface area contributed by atoms with E-state index < -0.39 is 27.7 Å². The molecule has 138 valence electrons. The maximum absolute atomic E-state index is 12.5. The number of carbonyl (C=O) groups excluding carboxylic acids is 2. The molecule has 1 aromatic rings. The van der Waals surface area contributed by atoms with Gasteiger partial charge in [0.1, 0.15) is 0 Å². The van der Waals surface area contributed by atoms with E-state index in [1.54, 1.807) is 6.07 Å². The fourth-order valence-electron chi connectivity index (χ4n) is 2.56. The van der Waals surface area contributed by atoms with E-state index in [0.717, 1.165) is 0 Å². The van der Waals surface area contributed by atoms with Gasteiger partial charge in [0, 0.05) is 24.7 Å². The minimum absolute atomic E-state index is 0.00380. The third-order valence-electron chi connectivity index (χ3n) is 3.82. The van der Waals surface area contributed by atoms with Crippen LogP contribution in [-0.4, -0.2) is 62.9 Å². The van der Waals surface area contributed by atoms with E-state index >= 15 is 0 Å². The molecule has 0 aromatic heterocycles. The van der Waals surface area contributed by atoms with Gasteiger partial charge in [-0.05, 0) is 24.6 Å². The van der Waals surface area contributed by atoms with Gasteiger partial charge in [0.05, 0.1) is 28.8 Å². The first kappa shape index (κ1) is 20.0. The zero-order valence-corrected chi connectivity index (χ0v) is 15.8. The second-order valence-corrected chi connectivity index (χ2v) is 8.70. The largest absolute Gasteiger partial charge is 0.383 e. The topological polar surface area (TPSA) is 92.8 Å². The molecule has 1 unspecified atom stereocenters. The van der Waals surface area contributed by atoms with Crippen LogP contribution in [-0.2, 0) is 24.2 Å². The summed E-state index contributed by atoms with van der Waals surface area (Å²) in [4.78, 5) is 26.1. The molecule has 1 N–H and O–H groups in total. The van der Waals surface area contributed by atoms with Crippen LogP contribution in [0.15, 0.2) is 18.2 Å². The molecule has 1 fully saturated rings. The first-order valence-electron chi connectivity index (χ1n) is 7.50. The van der Waals surface area contributed by atoms with E-state index in [0.29, 0.717) is 11.4 Å². The number of benzene rings is 1. The Morgan fingerprint density at radius 3 is 2.68 bits per heavy atom. The van der Waals surface area contributed by atoms with E-state index in [1.165, 1.54) is 24.1 Å². The highest BCUT2D eigenvalue weighted by atomic mass is 35.5. The lowest BCUT2D eigenvalue weighted by atomic mass is 10.2. The number of halogens is 2. The maximum Gasteiger partial charge on any atom is 0.313 e. The lowest BCUT2D eigenvalue weighted by Crippen LogP contribution is -2.48. The fourth-order valence-corrected chi connectivity index (χ4v) is 4.63. The molecule has 0 saturated carbocycles. The van der Waals surface area contributed by atoms with Crippen LogP contribution in [0.3, 0.4) is 0 Å². The Balaban J connectivity index is 2.14. The standard InChI is InChI=1S/C15H18Cl2N2O5S/c1-24-6-5-19(11-4-7-25(22,23)9-11)15(21)14(20)18-13-8-10(16)2-3-12(13)17/h2-3,8,11H,4-7,9H2,1H3,(H,18,20). The van der Waals surface area contributed by atoms with E-state index in [1.807, 2.05) is 0 Å². The van der Waals surface area contributed by atoms with Crippen molar-refractivity contribution in [3.63, 3.8) is 0 Å². The second kappa shape index (κ2) is 8.35. The lowest BCUT2D eigenvalue weighted by molar-refractivity contribution is -0.144. The summed E-state index contributed by atoms with van der Waals surface area (Å²) in [5.41, 5.74) is 0.207. The molecule has 0 radical (unpaired) electrons. The normalized spacial score (nSPS) is 18.8. The van der Waals surface area contributed by atoms with Crippen molar-refractivity contribution in [3.05, 3.63) is 28.2 Å². The summed E-state index contributed by atoms with van der Waals surface area (Å²) < 4.78 is 28.3. The SMILES string of the molecule is COCCN(C(=O)C(=O)Nc1cc(Cl)ccc1Cl)C1CCS(=O)(=O)C1. The van der Waals surface area contributed by atoms with Crippen molar-refractivity contribution in [1.29, 1.82) is 0 Å². The van der Waals surface area contributed by atoms with Crippen LogP contribution in [0.1, 0.15) is 6.42 Å². The summed E-state index contributed by atoms with van der Waals surface area (Å²) in [5.74, 6) is -1.91. The summed E-state index contributed by atoms with van der Waals surface area (Å²) >= 11 is 11.8. The predicted octanol–water partition coefficient (Wildman–Crippen LogP) is 1.59. The number of carbonyl (C=O) groups is 2. The maximum atomic E-state index is 12.5. The molecule has 1 saturated heterocycles. The number of nitrogens with zero attached hydrogens (tertiary/aromatic N) is 1. The molecule has 25 heavy (non-hydrogen) atoms. The minimum atomic E-state index is -3.20. The Morgan fingerprint density at radius 1 is 1.36 bits per heavy atom. The second-order valence-electron chi connectivity index (χ2n) is 5.63. The summed E-state index contributed by atoms with van der Waals surface area (Å²) in [5, 5.41) is 3.00. The van der Waals surface area contributed by atoms with Gasteiger partial charge in [0.2, 0.25) is 0 Å². The number of rotatable bonds is 5. The molecule has 1 atom stereocenters. The Kier molecular flexibility index (Phi) is 6.67. The molecule has 2 amide bonds. The first-order chi connectivity index (χ1) is 11.7. The number of ether oxygens (including phenoxy) is 1. The lowest BCUT2D eigenvalue weighted by Gasteiger charge is -2.27. The van der Waals surface area contributed by atoms with E-state index in [4.69, 9.17) is 27.9 Å². The van der Waals surface area contributed by atoms with Gasteiger partial charge in [-0.25, -0.2) is 8.42 Å². The van der Waals surface area contributed by atoms with Crippen LogP contribution >= 0.6 is 23.2 Å². The summed E-state index contributed by atoms with van der Waals surface area (Å²) in [6.07, 6.45) is 0.295. The number of hydrogen-bond donors (Lipinski definition) is 1. The Labute approximate surface area is 156 Å². The van der Waals surface area contributed by atoms with Gasteiger partial charge in [0.15, 0.2) is 9.84 Å². The van der Waals surface area contributed by atoms with Gasteiger partial charge in [0.25, 0.3) is 0 Å². The molecule has 1 aliphatic rings. The molecule has 0 aliphatic carbocycles. The molecule has 7 nitrogen and oxygen atoms in total. The van der Waals surface area contributed by atoms with Gasteiger partial charge in [-0.1, -0.05) is 23.2 Å². The molecule has 0 spiro atoms. The van der Waals surface area contributed by atoms with Gasteiger partial charge in [-0.15, -0.1) is 0 Å². The molecule has 1 heterocycles. The summed E-state index contributed by atoms with van der Waals surface area (Å²) in [7, 11) is -1.74. The molecule has 1 aliphatic heterocycles. The average molecular weight is 409 g/mol. The van der Waals surface area contributed by atoms with Crippen molar-refractivity contribution in [2.24, 2.45) is 0 Å². The summed E-state index contributed by atoms with van der Waals surface area (Å²) in [6, 6.07) is 3.92. The average Bonchev–Trinajstić information content (AvgIpc) is 2.91. The van der Waals surface area contributed by atoms with E-state index in [-0.39, 0.29) is 35.4 Å². The third kappa shape index (κ3) is 5.31. The summed E-state index contributed by atoms with van der Waals surface area (Å²) in [6.45, 7) is 0.305. The highest BCUT2D eigenvalue weighted by molar-refractivity contribution is 7.91. The molecule has 1 aromatic carbocycles. The van der Waals surface area contributed by atoms with Gasteiger partial charge in [-0.3, -0.25) is 9.59 Å². The number of amides is 2.